The lowest BCUT2D eigenvalue weighted by atomic mass is 10.0. The molecule has 1 unspecified atom stereocenters. The molecule has 1 aliphatic rings. The summed E-state index contributed by atoms with van der Waals surface area (Å²) < 4.78 is 6.54. The molecule has 1 heterocycles. The molecular weight excluding hydrogens is 347 g/mol. The number of anilines is 1. The molecule has 0 amide bonds. The van der Waals surface area contributed by atoms with Crippen LogP contribution in [0.1, 0.15) is 19.8 Å². The number of nitro groups is 1. The summed E-state index contributed by atoms with van der Waals surface area (Å²) in [6.07, 6.45) is 2.14. The van der Waals surface area contributed by atoms with E-state index >= 15 is 0 Å². The second kappa shape index (κ2) is 5.40. The molecule has 6 heteroatoms. The van der Waals surface area contributed by atoms with Crippen molar-refractivity contribution in [2.75, 3.05) is 18.5 Å². The highest BCUT2D eigenvalue weighted by atomic mass is 127. The van der Waals surface area contributed by atoms with Crippen LogP contribution in [-0.2, 0) is 4.74 Å². The smallest absolute Gasteiger partial charge is 0.270 e. The third-order valence-electron chi connectivity index (χ3n) is 3.12. The molecule has 0 saturated carbocycles. The number of nitro benzene ring substituents is 1. The van der Waals surface area contributed by atoms with Gasteiger partial charge >= 0.3 is 0 Å². The molecule has 1 fully saturated rings. The van der Waals surface area contributed by atoms with Gasteiger partial charge in [0.25, 0.3) is 5.69 Å². The molecule has 0 radical (unpaired) electrons. The van der Waals surface area contributed by atoms with E-state index in [1.807, 2.05) is 0 Å². The second-order valence-electron chi connectivity index (χ2n) is 4.68. The number of nitrogens with one attached hydrogen (secondary N) is 1. The quantitative estimate of drug-likeness (QED) is 0.508. The first-order chi connectivity index (χ1) is 8.50. The van der Waals surface area contributed by atoms with Crippen molar-refractivity contribution in [1.82, 2.24) is 0 Å². The van der Waals surface area contributed by atoms with E-state index < -0.39 is 0 Å². The van der Waals surface area contributed by atoms with Crippen LogP contribution in [0, 0.1) is 13.7 Å². The lowest BCUT2D eigenvalue weighted by Gasteiger charge is -2.24. The molecule has 1 aromatic rings. The number of rotatable bonds is 4. The molecule has 0 aliphatic carbocycles. The summed E-state index contributed by atoms with van der Waals surface area (Å²) in [5, 5.41) is 14.0. The standard InChI is InChI=1S/C12H15IN2O3/c1-12(5-2-6-18-12)8-14-11-4-3-9(15(16)17)7-10(11)13/h3-4,7,14H,2,5-6,8H2,1H3. The Bertz CT molecular complexity index is 459. The Hall–Kier alpha value is -0.890. The number of hydrogen-bond acceptors (Lipinski definition) is 4. The van der Waals surface area contributed by atoms with Crippen molar-refractivity contribution in [2.24, 2.45) is 0 Å². The maximum Gasteiger partial charge on any atom is 0.270 e. The number of benzene rings is 1. The van der Waals surface area contributed by atoms with E-state index in [0.717, 1.165) is 35.3 Å². The fraction of sp³-hybridized carbons (Fsp3) is 0.500. The van der Waals surface area contributed by atoms with Gasteiger partial charge in [0.05, 0.1) is 10.5 Å². The number of ether oxygens (including phenoxy) is 1. The SMILES string of the molecule is CC1(CNc2ccc([N+](=O)[O-])cc2I)CCCO1. The first-order valence-electron chi connectivity index (χ1n) is 5.82. The number of hydrogen-bond donors (Lipinski definition) is 1. The maximum atomic E-state index is 10.6. The van der Waals surface area contributed by atoms with Crippen LogP contribution in [0.3, 0.4) is 0 Å². The molecule has 98 valence electrons. The molecule has 1 aliphatic heterocycles. The van der Waals surface area contributed by atoms with E-state index in [2.05, 4.69) is 34.8 Å². The Labute approximate surface area is 119 Å². The monoisotopic (exact) mass is 362 g/mol. The fourth-order valence-electron chi connectivity index (χ4n) is 2.02. The topological polar surface area (TPSA) is 64.4 Å². The number of nitrogens with zero attached hydrogens (tertiary/aromatic N) is 1. The summed E-state index contributed by atoms with van der Waals surface area (Å²) in [4.78, 5) is 10.3. The zero-order chi connectivity index (χ0) is 13.2. The van der Waals surface area contributed by atoms with Crippen molar-refractivity contribution in [1.29, 1.82) is 0 Å². The Morgan fingerprint density at radius 1 is 1.61 bits per heavy atom. The van der Waals surface area contributed by atoms with E-state index in [1.165, 1.54) is 6.07 Å². The minimum absolute atomic E-state index is 0.119. The summed E-state index contributed by atoms with van der Waals surface area (Å²) in [5.41, 5.74) is 0.913. The van der Waals surface area contributed by atoms with Crippen LogP contribution in [0.4, 0.5) is 11.4 Å². The summed E-state index contributed by atoms with van der Waals surface area (Å²) in [6.45, 7) is 3.63. The van der Waals surface area contributed by atoms with E-state index in [0.29, 0.717) is 0 Å². The average molecular weight is 362 g/mol. The van der Waals surface area contributed by atoms with Gasteiger partial charge in [-0.25, -0.2) is 0 Å². The second-order valence-corrected chi connectivity index (χ2v) is 5.84. The summed E-state index contributed by atoms with van der Waals surface area (Å²) in [5.74, 6) is 0. The van der Waals surface area contributed by atoms with Crippen LogP contribution in [-0.4, -0.2) is 23.7 Å². The number of non-ortho nitro benzene ring substituents is 1. The van der Waals surface area contributed by atoms with Crippen molar-refractivity contribution in [3.05, 3.63) is 31.9 Å². The minimum Gasteiger partial charge on any atom is -0.381 e. The highest BCUT2D eigenvalue weighted by Gasteiger charge is 2.29. The third-order valence-corrected chi connectivity index (χ3v) is 4.01. The van der Waals surface area contributed by atoms with E-state index in [-0.39, 0.29) is 16.2 Å². The van der Waals surface area contributed by atoms with Crippen LogP contribution in [0.5, 0.6) is 0 Å². The van der Waals surface area contributed by atoms with E-state index in [4.69, 9.17) is 4.74 Å². The zero-order valence-corrected chi connectivity index (χ0v) is 12.3. The van der Waals surface area contributed by atoms with Gasteiger partial charge in [0.2, 0.25) is 0 Å². The van der Waals surface area contributed by atoms with Gasteiger partial charge in [0.15, 0.2) is 0 Å². The Morgan fingerprint density at radius 3 is 2.94 bits per heavy atom. The van der Waals surface area contributed by atoms with Gasteiger partial charge in [0, 0.05) is 34.5 Å². The van der Waals surface area contributed by atoms with Crippen LogP contribution >= 0.6 is 22.6 Å². The van der Waals surface area contributed by atoms with Crippen molar-refractivity contribution in [2.45, 2.75) is 25.4 Å². The van der Waals surface area contributed by atoms with Crippen LogP contribution in [0.25, 0.3) is 0 Å². The lowest BCUT2D eigenvalue weighted by Crippen LogP contribution is -2.32. The average Bonchev–Trinajstić information content (AvgIpc) is 2.75. The first-order valence-corrected chi connectivity index (χ1v) is 6.90. The third kappa shape index (κ3) is 3.11. The van der Waals surface area contributed by atoms with Gasteiger partial charge in [-0.2, -0.15) is 0 Å². The Morgan fingerprint density at radius 2 is 2.39 bits per heavy atom. The molecular formula is C12H15IN2O3. The van der Waals surface area contributed by atoms with Crippen molar-refractivity contribution in [3.8, 4) is 0 Å². The highest BCUT2D eigenvalue weighted by molar-refractivity contribution is 14.1. The predicted molar refractivity (Wildman–Crippen MR) is 77.9 cm³/mol. The zero-order valence-electron chi connectivity index (χ0n) is 10.1. The van der Waals surface area contributed by atoms with Crippen LogP contribution in [0.2, 0.25) is 0 Å². The molecule has 1 N–H and O–H groups in total. The normalized spacial score (nSPS) is 23.0. The molecule has 2 rings (SSSR count). The molecule has 0 spiro atoms. The fourth-order valence-corrected chi connectivity index (χ4v) is 2.71. The highest BCUT2D eigenvalue weighted by Crippen LogP contribution is 2.28. The predicted octanol–water partition coefficient (Wildman–Crippen LogP) is 3.18. The van der Waals surface area contributed by atoms with Gasteiger partial charge in [-0.15, -0.1) is 0 Å². The van der Waals surface area contributed by atoms with Crippen molar-refractivity contribution < 1.29 is 9.66 Å². The molecule has 0 aromatic heterocycles. The largest absolute Gasteiger partial charge is 0.381 e. The van der Waals surface area contributed by atoms with Gasteiger partial charge in [0.1, 0.15) is 0 Å². The van der Waals surface area contributed by atoms with Crippen molar-refractivity contribution in [3.63, 3.8) is 0 Å². The van der Waals surface area contributed by atoms with Gasteiger partial charge < -0.3 is 10.1 Å². The molecule has 1 atom stereocenters. The molecule has 1 saturated heterocycles. The molecule has 1 aromatic carbocycles. The summed E-state index contributed by atoms with van der Waals surface area (Å²) >= 11 is 2.10. The lowest BCUT2D eigenvalue weighted by molar-refractivity contribution is -0.384. The van der Waals surface area contributed by atoms with E-state index in [1.54, 1.807) is 12.1 Å². The Kier molecular flexibility index (Phi) is 4.06. The first kappa shape index (κ1) is 13.5. The maximum absolute atomic E-state index is 10.6. The van der Waals surface area contributed by atoms with Gasteiger partial charge in [-0.1, -0.05) is 0 Å². The molecule has 18 heavy (non-hydrogen) atoms. The van der Waals surface area contributed by atoms with Crippen LogP contribution in [0.15, 0.2) is 18.2 Å². The van der Waals surface area contributed by atoms with Gasteiger partial charge in [-0.05, 0) is 48.4 Å². The van der Waals surface area contributed by atoms with Crippen molar-refractivity contribution >= 4 is 34.0 Å². The molecule has 5 nitrogen and oxygen atoms in total. The number of halogens is 1. The summed E-state index contributed by atoms with van der Waals surface area (Å²) in [7, 11) is 0. The summed E-state index contributed by atoms with van der Waals surface area (Å²) in [6, 6.07) is 4.83. The Balaban J connectivity index is 2.03. The minimum atomic E-state index is -0.382. The van der Waals surface area contributed by atoms with E-state index in [9.17, 15) is 10.1 Å². The van der Waals surface area contributed by atoms with Crippen LogP contribution < -0.4 is 5.32 Å². The molecule has 0 bridgehead atoms. The van der Waals surface area contributed by atoms with Gasteiger partial charge in [-0.3, -0.25) is 10.1 Å².